The summed E-state index contributed by atoms with van der Waals surface area (Å²) in [5, 5.41) is 7.04. The lowest BCUT2D eigenvalue weighted by molar-refractivity contribution is -0.0104. The fourth-order valence-electron chi connectivity index (χ4n) is 3.54. The van der Waals surface area contributed by atoms with Gasteiger partial charge in [0.1, 0.15) is 0 Å². The first-order chi connectivity index (χ1) is 12.1. The molecule has 0 radical (unpaired) electrons. The minimum absolute atomic E-state index is 0.220. The normalized spacial score (nSPS) is 26.8. The van der Waals surface area contributed by atoms with E-state index in [1.165, 1.54) is 30.8 Å². The fourth-order valence-corrected chi connectivity index (χ4v) is 5.01. The van der Waals surface area contributed by atoms with E-state index < -0.39 is 0 Å². The Morgan fingerprint density at radius 1 is 1.24 bits per heavy atom. The van der Waals surface area contributed by atoms with E-state index in [4.69, 9.17) is 9.73 Å². The molecule has 0 aliphatic carbocycles. The molecule has 0 spiro atoms. The Morgan fingerprint density at radius 3 is 2.60 bits per heavy atom. The average Bonchev–Trinajstić information content (AvgIpc) is 3.09. The van der Waals surface area contributed by atoms with Crippen molar-refractivity contribution < 1.29 is 4.74 Å². The topological polar surface area (TPSA) is 48.9 Å². The number of rotatable bonds is 8. The highest BCUT2D eigenvalue weighted by atomic mass is 32.2. The van der Waals surface area contributed by atoms with Gasteiger partial charge in [0, 0.05) is 31.4 Å². The Kier molecular flexibility index (Phi) is 8.87. The molecular formula is C19H38N4OS. The van der Waals surface area contributed by atoms with Gasteiger partial charge in [0.05, 0.1) is 25.3 Å². The maximum Gasteiger partial charge on any atom is 0.191 e. The average molecular weight is 371 g/mol. The highest BCUT2D eigenvalue weighted by Gasteiger charge is 2.40. The number of hydrogen-bond acceptors (Lipinski definition) is 4. The van der Waals surface area contributed by atoms with Crippen molar-refractivity contribution in [1.29, 1.82) is 0 Å². The molecule has 0 aromatic rings. The third-order valence-corrected chi connectivity index (χ3v) is 6.43. The first-order valence-corrected chi connectivity index (χ1v) is 11.2. The van der Waals surface area contributed by atoms with Crippen molar-refractivity contribution >= 4 is 17.7 Å². The summed E-state index contributed by atoms with van der Waals surface area (Å²) in [4.78, 5) is 7.64. The lowest BCUT2D eigenvalue weighted by Crippen LogP contribution is -2.56. The van der Waals surface area contributed by atoms with Crippen LogP contribution < -0.4 is 10.6 Å². The lowest BCUT2D eigenvalue weighted by atomic mass is 9.96. The number of guanidine groups is 1. The van der Waals surface area contributed by atoms with Gasteiger partial charge in [-0.1, -0.05) is 13.8 Å². The van der Waals surface area contributed by atoms with Crippen LogP contribution in [-0.2, 0) is 4.74 Å². The van der Waals surface area contributed by atoms with Crippen LogP contribution in [0.4, 0.5) is 0 Å². The molecule has 2 rings (SSSR count). The third-order valence-electron chi connectivity index (χ3n) is 5.20. The van der Waals surface area contributed by atoms with E-state index in [1.54, 1.807) is 0 Å². The molecule has 0 aromatic heterocycles. The van der Waals surface area contributed by atoms with Crippen LogP contribution in [0.2, 0.25) is 0 Å². The molecule has 0 bridgehead atoms. The van der Waals surface area contributed by atoms with Crippen LogP contribution in [0.5, 0.6) is 0 Å². The van der Waals surface area contributed by atoms with Crippen molar-refractivity contribution in [2.24, 2.45) is 10.9 Å². The molecule has 2 aliphatic heterocycles. The maximum atomic E-state index is 5.56. The Bertz CT molecular complexity index is 404. The third kappa shape index (κ3) is 6.65. The number of hydrogen-bond donors (Lipinski definition) is 2. The highest BCUT2D eigenvalue weighted by molar-refractivity contribution is 7.99. The zero-order chi connectivity index (χ0) is 18.1. The first kappa shape index (κ1) is 20.8. The van der Waals surface area contributed by atoms with E-state index in [0.717, 1.165) is 51.3 Å². The summed E-state index contributed by atoms with van der Waals surface area (Å²) in [5.74, 6) is 4.17. The zero-order valence-corrected chi connectivity index (χ0v) is 17.5. The molecule has 0 aromatic carbocycles. The van der Waals surface area contributed by atoms with Crippen molar-refractivity contribution in [1.82, 2.24) is 15.5 Å². The Balaban J connectivity index is 1.96. The Morgan fingerprint density at radius 2 is 2.00 bits per heavy atom. The van der Waals surface area contributed by atoms with E-state index >= 15 is 0 Å². The maximum absolute atomic E-state index is 5.56. The minimum atomic E-state index is 0.220. The number of nitrogens with zero attached hydrogens (tertiary/aromatic N) is 2. The van der Waals surface area contributed by atoms with Gasteiger partial charge in [-0.2, -0.15) is 11.8 Å². The molecule has 2 unspecified atom stereocenters. The Labute approximate surface area is 158 Å². The van der Waals surface area contributed by atoms with Gasteiger partial charge in [0.25, 0.3) is 0 Å². The summed E-state index contributed by atoms with van der Waals surface area (Å²) in [6, 6.07) is 0.456. The molecule has 2 saturated heterocycles. The second-order valence-corrected chi connectivity index (χ2v) is 8.94. The van der Waals surface area contributed by atoms with E-state index in [9.17, 15) is 0 Å². The van der Waals surface area contributed by atoms with E-state index in [-0.39, 0.29) is 5.54 Å². The number of morpholine rings is 1. The molecule has 5 nitrogen and oxygen atoms in total. The molecule has 2 atom stereocenters. The van der Waals surface area contributed by atoms with Crippen molar-refractivity contribution in [3.63, 3.8) is 0 Å². The monoisotopic (exact) mass is 370 g/mol. The summed E-state index contributed by atoms with van der Waals surface area (Å²) >= 11 is 2.07. The van der Waals surface area contributed by atoms with Crippen LogP contribution in [0.1, 0.15) is 47.0 Å². The quantitative estimate of drug-likeness (QED) is 0.508. The Hall–Kier alpha value is -0.460. The zero-order valence-electron chi connectivity index (χ0n) is 16.6. The van der Waals surface area contributed by atoms with Gasteiger partial charge >= 0.3 is 0 Å². The second kappa shape index (κ2) is 10.6. The lowest BCUT2D eigenvalue weighted by Gasteiger charge is -2.42. The second-order valence-electron chi connectivity index (χ2n) is 7.84. The van der Waals surface area contributed by atoms with Gasteiger partial charge in [-0.15, -0.1) is 0 Å². The van der Waals surface area contributed by atoms with Crippen LogP contribution >= 0.6 is 11.8 Å². The van der Waals surface area contributed by atoms with Crippen molar-refractivity contribution in [2.75, 3.05) is 50.9 Å². The summed E-state index contributed by atoms with van der Waals surface area (Å²) in [6.07, 6.45) is 3.68. The predicted octanol–water partition coefficient (Wildman–Crippen LogP) is 2.57. The molecular weight excluding hydrogens is 332 g/mol. The van der Waals surface area contributed by atoms with Crippen LogP contribution in [-0.4, -0.2) is 73.3 Å². The van der Waals surface area contributed by atoms with E-state index in [1.807, 2.05) is 0 Å². The molecule has 2 N–H and O–H groups in total. The van der Waals surface area contributed by atoms with Crippen LogP contribution in [0.25, 0.3) is 0 Å². The minimum Gasteiger partial charge on any atom is -0.379 e. The number of thioether (sulfide) groups is 1. The van der Waals surface area contributed by atoms with Gasteiger partial charge in [0.15, 0.2) is 5.96 Å². The fraction of sp³-hybridized carbons (Fsp3) is 0.947. The number of aliphatic imine (C=N–C) groups is 1. The summed E-state index contributed by atoms with van der Waals surface area (Å²) < 4.78 is 5.56. The van der Waals surface area contributed by atoms with E-state index in [2.05, 4.69) is 55.0 Å². The molecule has 2 heterocycles. The highest BCUT2D eigenvalue weighted by Crippen LogP contribution is 2.34. The number of nitrogens with one attached hydrogen (secondary N) is 2. The molecule has 6 heteroatoms. The van der Waals surface area contributed by atoms with E-state index in [0.29, 0.717) is 6.04 Å². The van der Waals surface area contributed by atoms with Crippen LogP contribution in [0, 0.1) is 5.92 Å². The smallest absolute Gasteiger partial charge is 0.191 e. The molecule has 0 amide bonds. The SMILES string of the molecule is CCNC(=NCC1(N2CCOCC2)CCSC1)NC(C)CCC(C)C. The summed E-state index contributed by atoms with van der Waals surface area (Å²) in [6.45, 7) is 14.6. The standard InChI is InChI=1S/C19H38N4OS/c1-5-20-18(22-17(4)7-6-16(2)3)21-14-19(8-13-25-15-19)23-9-11-24-12-10-23/h16-17H,5-15H2,1-4H3,(H2,20,21,22). The molecule has 0 saturated carbocycles. The molecule has 25 heavy (non-hydrogen) atoms. The van der Waals surface area contributed by atoms with Gasteiger partial charge < -0.3 is 15.4 Å². The molecule has 146 valence electrons. The summed E-state index contributed by atoms with van der Waals surface area (Å²) in [7, 11) is 0. The molecule has 2 fully saturated rings. The molecule has 2 aliphatic rings. The van der Waals surface area contributed by atoms with Gasteiger partial charge in [-0.05, 0) is 44.8 Å². The summed E-state index contributed by atoms with van der Waals surface area (Å²) in [5.41, 5.74) is 0.220. The van der Waals surface area contributed by atoms with Gasteiger partial charge in [0.2, 0.25) is 0 Å². The van der Waals surface area contributed by atoms with Crippen molar-refractivity contribution in [3.05, 3.63) is 0 Å². The number of ether oxygens (including phenoxy) is 1. The first-order valence-electron chi connectivity index (χ1n) is 10.0. The van der Waals surface area contributed by atoms with Gasteiger partial charge in [-0.25, -0.2) is 0 Å². The largest absolute Gasteiger partial charge is 0.379 e. The predicted molar refractivity (Wildman–Crippen MR) is 110 cm³/mol. The van der Waals surface area contributed by atoms with Crippen LogP contribution in [0.15, 0.2) is 4.99 Å². The van der Waals surface area contributed by atoms with Crippen molar-refractivity contribution in [2.45, 2.75) is 58.5 Å². The van der Waals surface area contributed by atoms with Crippen molar-refractivity contribution in [3.8, 4) is 0 Å². The van der Waals surface area contributed by atoms with Gasteiger partial charge in [-0.3, -0.25) is 9.89 Å². The van der Waals surface area contributed by atoms with Crippen LogP contribution in [0.3, 0.4) is 0 Å².